The van der Waals surface area contributed by atoms with Gasteiger partial charge in [-0.25, -0.2) is 4.79 Å². The summed E-state index contributed by atoms with van der Waals surface area (Å²) < 4.78 is 1.70. The van der Waals surface area contributed by atoms with Crippen LogP contribution >= 0.6 is 0 Å². The van der Waals surface area contributed by atoms with E-state index in [1.54, 1.807) is 10.8 Å². The number of nitrogens with zero attached hydrogens (tertiary/aromatic N) is 1. The molecular formula is C16H16ClNO2. The van der Waals surface area contributed by atoms with Gasteiger partial charge in [0.05, 0.1) is 0 Å². The molecule has 1 aromatic carbocycles. The van der Waals surface area contributed by atoms with Crippen LogP contribution in [-0.4, -0.2) is 11.1 Å². The SMILES string of the molecule is Cc1cccc(/C=C/c2cccc[n+]2CC(=O)O)c1.[Cl-]. The Kier molecular flexibility index (Phi) is 5.94. The van der Waals surface area contributed by atoms with Gasteiger partial charge in [0, 0.05) is 18.2 Å². The number of halogens is 1. The van der Waals surface area contributed by atoms with E-state index in [1.807, 2.05) is 55.5 Å². The summed E-state index contributed by atoms with van der Waals surface area (Å²) in [5.41, 5.74) is 3.17. The third-order valence-corrected chi connectivity index (χ3v) is 2.77. The zero-order valence-electron chi connectivity index (χ0n) is 11.2. The molecule has 104 valence electrons. The molecule has 1 N–H and O–H groups in total. The van der Waals surface area contributed by atoms with Gasteiger partial charge in [-0.2, -0.15) is 4.57 Å². The van der Waals surface area contributed by atoms with Crippen LogP contribution in [0.5, 0.6) is 0 Å². The van der Waals surface area contributed by atoms with E-state index in [0.29, 0.717) is 0 Å². The molecule has 0 saturated carbocycles. The van der Waals surface area contributed by atoms with Crippen molar-refractivity contribution in [1.29, 1.82) is 0 Å². The fourth-order valence-corrected chi connectivity index (χ4v) is 1.89. The number of carboxylic acid groups (broad SMARTS) is 1. The second-order valence-electron chi connectivity index (χ2n) is 4.39. The lowest BCUT2D eigenvalue weighted by molar-refractivity contribution is -0.687. The number of hydrogen-bond acceptors (Lipinski definition) is 1. The highest BCUT2D eigenvalue weighted by atomic mass is 35.5. The van der Waals surface area contributed by atoms with Gasteiger partial charge in [-0.3, -0.25) is 0 Å². The summed E-state index contributed by atoms with van der Waals surface area (Å²) in [6, 6.07) is 13.8. The first-order valence-corrected chi connectivity index (χ1v) is 6.10. The zero-order valence-corrected chi connectivity index (χ0v) is 11.9. The highest BCUT2D eigenvalue weighted by Gasteiger charge is 2.10. The highest BCUT2D eigenvalue weighted by Crippen LogP contribution is 2.08. The van der Waals surface area contributed by atoms with Crippen molar-refractivity contribution >= 4 is 18.1 Å². The van der Waals surface area contributed by atoms with Crippen LogP contribution < -0.4 is 17.0 Å². The second kappa shape index (κ2) is 7.46. The lowest BCUT2D eigenvalue weighted by atomic mass is 10.1. The number of aliphatic carboxylic acids is 1. The van der Waals surface area contributed by atoms with Gasteiger partial charge in [0.1, 0.15) is 0 Å². The quantitative estimate of drug-likeness (QED) is 0.774. The molecule has 0 fully saturated rings. The molecule has 0 aliphatic heterocycles. The first kappa shape index (κ1) is 15.9. The molecule has 0 bridgehead atoms. The van der Waals surface area contributed by atoms with E-state index in [4.69, 9.17) is 5.11 Å². The molecule has 1 aromatic heterocycles. The standard InChI is InChI=1S/C16H15NO2.ClH/c1-13-5-4-6-14(11-13)8-9-15-7-2-3-10-17(15)12-16(18)19;/h2-11H,12H2,1H3;1H/b9-8+;. The van der Waals surface area contributed by atoms with Gasteiger partial charge >= 0.3 is 5.97 Å². The van der Waals surface area contributed by atoms with Gasteiger partial charge < -0.3 is 17.5 Å². The third-order valence-electron chi connectivity index (χ3n) is 2.77. The van der Waals surface area contributed by atoms with Crippen LogP contribution in [0, 0.1) is 6.92 Å². The number of aryl methyl sites for hydroxylation is 1. The largest absolute Gasteiger partial charge is 1.00 e. The average Bonchev–Trinajstić information content (AvgIpc) is 2.37. The van der Waals surface area contributed by atoms with Gasteiger partial charge in [-0.15, -0.1) is 0 Å². The van der Waals surface area contributed by atoms with E-state index in [9.17, 15) is 4.79 Å². The van der Waals surface area contributed by atoms with Gasteiger partial charge in [-0.1, -0.05) is 29.8 Å². The Morgan fingerprint density at radius 1 is 1.20 bits per heavy atom. The number of rotatable bonds is 4. The van der Waals surface area contributed by atoms with Crippen LogP contribution in [0.3, 0.4) is 0 Å². The molecule has 0 radical (unpaired) electrons. The lowest BCUT2D eigenvalue weighted by Gasteiger charge is -1.98. The van der Waals surface area contributed by atoms with Crippen LogP contribution in [-0.2, 0) is 11.3 Å². The fraction of sp³-hybridized carbons (Fsp3) is 0.125. The van der Waals surface area contributed by atoms with Crippen molar-refractivity contribution in [1.82, 2.24) is 0 Å². The van der Waals surface area contributed by atoms with Crippen molar-refractivity contribution in [2.45, 2.75) is 13.5 Å². The summed E-state index contributed by atoms with van der Waals surface area (Å²) in [7, 11) is 0. The maximum atomic E-state index is 10.8. The van der Waals surface area contributed by atoms with E-state index < -0.39 is 5.97 Å². The van der Waals surface area contributed by atoms with Crippen LogP contribution in [0.25, 0.3) is 12.2 Å². The maximum absolute atomic E-state index is 10.8. The van der Waals surface area contributed by atoms with Crippen LogP contribution in [0.1, 0.15) is 16.8 Å². The van der Waals surface area contributed by atoms with E-state index in [0.717, 1.165) is 11.3 Å². The molecule has 0 spiro atoms. The molecule has 1 heterocycles. The summed E-state index contributed by atoms with van der Waals surface area (Å²) in [5.74, 6) is -0.846. The van der Waals surface area contributed by atoms with Crippen molar-refractivity contribution in [2.75, 3.05) is 0 Å². The number of hydrogen-bond donors (Lipinski definition) is 1. The van der Waals surface area contributed by atoms with E-state index >= 15 is 0 Å². The minimum Gasteiger partial charge on any atom is -1.00 e. The van der Waals surface area contributed by atoms with Crippen molar-refractivity contribution < 1.29 is 26.9 Å². The summed E-state index contributed by atoms with van der Waals surface area (Å²) in [4.78, 5) is 10.8. The molecule has 0 aliphatic rings. The molecule has 0 aliphatic carbocycles. The van der Waals surface area contributed by atoms with Gasteiger partial charge in [-0.05, 0) is 24.6 Å². The molecule has 20 heavy (non-hydrogen) atoms. The number of aromatic nitrogens is 1. The molecule has 3 nitrogen and oxygen atoms in total. The number of benzene rings is 1. The number of pyridine rings is 1. The molecule has 0 unspecified atom stereocenters. The predicted octanol–water partition coefficient (Wildman–Crippen LogP) is -0.458. The van der Waals surface area contributed by atoms with Gasteiger partial charge in [0.15, 0.2) is 6.20 Å². The average molecular weight is 290 g/mol. The minimum absolute atomic E-state index is 0. The second-order valence-corrected chi connectivity index (χ2v) is 4.39. The van der Waals surface area contributed by atoms with E-state index in [-0.39, 0.29) is 19.0 Å². The Balaban J connectivity index is 0.00000200. The van der Waals surface area contributed by atoms with E-state index in [2.05, 4.69) is 6.07 Å². The van der Waals surface area contributed by atoms with Crippen molar-refractivity contribution in [2.24, 2.45) is 0 Å². The third kappa shape index (κ3) is 4.52. The summed E-state index contributed by atoms with van der Waals surface area (Å²) in [6.07, 6.45) is 5.68. The van der Waals surface area contributed by atoms with Crippen LogP contribution in [0.15, 0.2) is 48.7 Å². The monoisotopic (exact) mass is 289 g/mol. The highest BCUT2D eigenvalue weighted by molar-refractivity contribution is 5.68. The lowest BCUT2D eigenvalue weighted by Crippen LogP contribution is -3.00. The molecule has 0 saturated heterocycles. The maximum Gasteiger partial charge on any atom is 0.370 e. The Bertz CT molecular complexity index is 623. The van der Waals surface area contributed by atoms with Crippen molar-refractivity contribution in [3.05, 3.63) is 65.5 Å². The summed E-state index contributed by atoms with van der Waals surface area (Å²) >= 11 is 0. The normalized spacial score (nSPS) is 10.2. The minimum atomic E-state index is -0.846. The topological polar surface area (TPSA) is 41.2 Å². The van der Waals surface area contributed by atoms with Crippen LogP contribution in [0.4, 0.5) is 0 Å². The molecule has 2 aromatic rings. The molecule has 0 amide bonds. The number of carbonyl (C=O) groups is 1. The first-order chi connectivity index (χ1) is 9.15. The first-order valence-electron chi connectivity index (χ1n) is 6.10. The number of carboxylic acids is 1. The Hall–Kier alpha value is -2.13. The molecule has 2 rings (SSSR count). The molecule has 0 atom stereocenters. The fourth-order valence-electron chi connectivity index (χ4n) is 1.89. The van der Waals surface area contributed by atoms with Gasteiger partial charge in [0.2, 0.25) is 12.2 Å². The van der Waals surface area contributed by atoms with Crippen LogP contribution in [0.2, 0.25) is 0 Å². The van der Waals surface area contributed by atoms with Crippen molar-refractivity contribution in [3.8, 4) is 0 Å². The Labute approximate surface area is 124 Å². The molecule has 4 heteroatoms. The van der Waals surface area contributed by atoms with E-state index in [1.165, 1.54) is 5.56 Å². The molecular weight excluding hydrogens is 274 g/mol. The zero-order chi connectivity index (χ0) is 13.7. The summed E-state index contributed by atoms with van der Waals surface area (Å²) in [6.45, 7) is 2.01. The predicted molar refractivity (Wildman–Crippen MR) is 74.4 cm³/mol. The van der Waals surface area contributed by atoms with Crippen molar-refractivity contribution in [3.63, 3.8) is 0 Å². The Morgan fingerprint density at radius 2 is 2.00 bits per heavy atom. The van der Waals surface area contributed by atoms with Gasteiger partial charge in [0.25, 0.3) is 0 Å². The Morgan fingerprint density at radius 3 is 2.70 bits per heavy atom. The summed E-state index contributed by atoms with van der Waals surface area (Å²) in [5, 5.41) is 8.87. The smallest absolute Gasteiger partial charge is 0.370 e.